The zero-order chi connectivity index (χ0) is 22.4. The number of anilines is 4. The number of aromatic nitrogens is 2. The van der Waals surface area contributed by atoms with Crippen LogP contribution in [0.25, 0.3) is 0 Å². The topological polar surface area (TPSA) is 108 Å². The highest BCUT2D eigenvalue weighted by Crippen LogP contribution is 2.32. The average molecular weight is 489 g/mol. The molecule has 166 valence electrons. The van der Waals surface area contributed by atoms with Gasteiger partial charge in [0.05, 0.1) is 17.1 Å². The summed E-state index contributed by atoms with van der Waals surface area (Å²) in [6, 6.07) is 6.24. The minimum absolute atomic E-state index is 0.0588. The molecule has 0 radical (unpaired) electrons. The molecule has 13 heteroatoms. The van der Waals surface area contributed by atoms with E-state index < -0.39 is 26.6 Å². The summed E-state index contributed by atoms with van der Waals surface area (Å²) in [6.07, 6.45) is 1.14. The summed E-state index contributed by atoms with van der Waals surface area (Å²) in [5.74, 6) is -2.08. The van der Waals surface area contributed by atoms with Crippen LogP contribution in [0.5, 0.6) is 0 Å². The molecule has 31 heavy (non-hydrogen) atoms. The summed E-state index contributed by atoms with van der Waals surface area (Å²) in [5.41, 5.74) is 0.797. The van der Waals surface area contributed by atoms with E-state index in [9.17, 15) is 17.2 Å². The molecule has 0 atom stereocenters. The average Bonchev–Trinajstić information content (AvgIpc) is 3.21. The fourth-order valence-electron chi connectivity index (χ4n) is 2.60. The fraction of sp³-hybridized carbons (Fsp3) is 0.222. The van der Waals surface area contributed by atoms with Crippen molar-refractivity contribution in [3.05, 3.63) is 53.3 Å². The Bertz CT molecular complexity index is 1150. The van der Waals surface area contributed by atoms with Crippen LogP contribution < -0.4 is 20.7 Å². The van der Waals surface area contributed by atoms with Gasteiger partial charge >= 0.3 is 0 Å². The minimum Gasteiger partial charge on any atom is -0.382 e. The van der Waals surface area contributed by atoms with Gasteiger partial charge in [-0.3, -0.25) is 4.72 Å². The second-order valence-electron chi connectivity index (χ2n) is 6.21. The lowest BCUT2D eigenvalue weighted by Gasteiger charge is -2.16. The summed E-state index contributed by atoms with van der Waals surface area (Å²) >= 11 is 6.82. The van der Waals surface area contributed by atoms with Crippen LogP contribution in [0.4, 0.5) is 31.0 Å². The molecule has 0 saturated carbocycles. The molecule has 0 bridgehead atoms. The van der Waals surface area contributed by atoms with Crippen LogP contribution >= 0.6 is 23.1 Å². The van der Waals surface area contributed by atoms with Crippen molar-refractivity contribution in [1.29, 1.82) is 0 Å². The highest BCUT2D eigenvalue weighted by Gasteiger charge is 2.23. The van der Waals surface area contributed by atoms with Crippen LogP contribution in [0.1, 0.15) is 6.92 Å². The van der Waals surface area contributed by atoms with E-state index in [1.165, 1.54) is 0 Å². The van der Waals surface area contributed by atoms with Crippen LogP contribution in [-0.2, 0) is 10.0 Å². The number of sulfonamides is 1. The first-order chi connectivity index (χ1) is 14.8. The summed E-state index contributed by atoms with van der Waals surface area (Å²) < 4.78 is 59.8. The quantitative estimate of drug-likeness (QED) is 0.319. The Morgan fingerprint density at radius 1 is 1.06 bits per heavy atom. The van der Waals surface area contributed by atoms with Gasteiger partial charge in [0.15, 0.2) is 0 Å². The molecule has 0 unspecified atom stereocenters. The van der Waals surface area contributed by atoms with Crippen molar-refractivity contribution in [2.45, 2.75) is 11.8 Å². The molecule has 1 aromatic heterocycles. The standard InChI is InChI=1S/C18H19ClF2N6O2S2/c1-2-22-5-6-23-16-7-11(19)3-4-14(16)26-15-8-13(21)17(9-12(15)20)31(28,29)27-18-24-10-25-30-18/h3-4,7-10,22-23,26H,2,5-6H2,1H3,(H,24,25,27). The summed E-state index contributed by atoms with van der Waals surface area (Å²) in [7, 11) is -4.38. The summed E-state index contributed by atoms with van der Waals surface area (Å²) in [6.45, 7) is 4.07. The highest BCUT2D eigenvalue weighted by molar-refractivity contribution is 7.93. The Morgan fingerprint density at radius 3 is 2.58 bits per heavy atom. The maximum absolute atomic E-state index is 14.7. The van der Waals surface area contributed by atoms with Gasteiger partial charge in [-0.15, -0.1) is 0 Å². The molecule has 3 rings (SSSR count). The Balaban J connectivity index is 1.84. The molecule has 1 heterocycles. The lowest BCUT2D eigenvalue weighted by molar-refractivity contribution is 0.557. The first-order valence-corrected chi connectivity index (χ1v) is 11.7. The molecule has 0 fully saturated rings. The van der Waals surface area contributed by atoms with Gasteiger partial charge in [-0.2, -0.15) is 4.37 Å². The molecule has 0 aliphatic carbocycles. The maximum Gasteiger partial charge on any atom is 0.266 e. The third kappa shape index (κ3) is 6.00. The van der Waals surface area contributed by atoms with Crippen LogP contribution in [0.3, 0.4) is 0 Å². The molecule has 8 nitrogen and oxygen atoms in total. The smallest absolute Gasteiger partial charge is 0.266 e. The fourth-order valence-corrected chi connectivity index (χ4v) is 4.50. The first-order valence-electron chi connectivity index (χ1n) is 9.10. The van der Waals surface area contributed by atoms with Gasteiger partial charge in [0.1, 0.15) is 22.9 Å². The number of benzene rings is 2. The molecule has 2 aromatic carbocycles. The van der Waals surface area contributed by atoms with Crippen molar-refractivity contribution in [2.24, 2.45) is 0 Å². The number of nitrogens with zero attached hydrogens (tertiary/aromatic N) is 2. The summed E-state index contributed by atoms with van der Waals surface area (Å²) in [4.78, 5) is 2.83. The van der Waals surface area contributed by atoms with Crippen molar-refractivity contribution in [1.82, 2.24) is 14.7 Å². The van der Waals surface area contributed by atoms with E-state index in [0.717, 1.165) is 30.5 Å². The molecular formula is C18H19ClF2N6O2S2. The first kappa shape index (κ1) is 23.1. The van der Waals surface area contributed by atoms with Crippen LogP contribution in [0.15, 0.2) is 41.6 Å². The summed E-state index contributed by atoms with van der Waals surface area (Å²) in [5, 5.41) is 9.51. The number of hydrogen-bond donors (Lipinski definition) is 4. The van der Waals surface area contributed by atoms with Crippen molar-refractivity contribution < 1.29 is 17.2 Å². The largest absolute Gasteiger partial charge is 0.382 e. The molecule has 0 saturated heterocycles. The predicted molar refractivity (Wildman–Crippen MR) is 119 cm³/mol. The van der Waals surface area contributed by atoms with E-state index >= 15 is 0 Å². The lowest BCUT2D eigenvalue weighted by atomic mass is 10.2. The van der Waals surface area contributed by atoms with Crippen molar-refractivity contribution in [3.63, 3.8) is 0 Å². The van der Waals surface area contributed by atoms with Crippen LogP contribution in [0, 0.1) is 11.6 Å². The van der Waals surface area contributed by atoms with E-state index in [1.54, 1.807) is 18.2 Å². The van der Waals surface area contributed by atoms with Gasteiger partial charge < -0.3 is 16.0 Å². The molecule has 0 spiro atoms. The number of nitrogens with one attached hydrogen (secondary N) is 4. The van der Waals surface area contributed by atoms with E-state index in [1.807, 2.05) is 6.92 Å². The van der Waals surface area contributed by atoms with Crippen LogP contribution in [-0.4, -0.2) is 37.4 Å². The van der Waals surface area contributed by atoms with Gasteiger partial charge in [0.2, 0.25) is 5.13 Å². The lowest BCUT2D eigenvalue weighted by Crippen LogP contribution is -2.21. The van der Waals surface area contributed by atoms with Gasteiger partial charge in [-0.25, -0.2) is 22.2 Å². The molecular weight excluding hydrogens is 470 g/mol. The van der Waals surface area contributed by atoms with Crippen molar-refractivity contribution in [2.75, 3.05) is 35.0 Å². The van der Waals surface area contributed by atoms with Gasteiger partial charge in [0, 0.05) is 35.7 Å². The van der Waals surface area contributed by atoms with E-state index in [4.69, 9.17) is 11.6 Å². The van der Waals surface area contributed by atoms with E-state index in [-0.39, 0.29) is 10.8 Å². The Hall–Kier alpha value is -2.54. The molecule has 0 aliphatic heterocycles. The number of hydrogen-bond acceptors (Lipinski definition) is 8. The second-order valence-corrected chi connectivity index (χ2v) is 9.08. The van der Waals surface area contributed by atoms with E-state index in [2.05, 4.69) is 30.0 Å². The molecule has 4 N–H and O–H groups in total. The molecule has 3 aromatic rings. The monoisotopic (exact) mass is 488 g/mol. The SMILES string of the molecule is CCNCCNc1cc(Cl)ccc1Nc1cc(F)c(S(=O)(=O)Nc2ncns2)cc1F. The third-order valence-electron chi connectivity index (χ3n) is 4.01. The van der Waals surface area contributed by atoms with Gasteiger partial charge in [-0.1, -0.05) is 18.5 Å². The second kappa shape index (κ2) is 10.2. The Labute approximate surface area is 187 Å². The van der Waals surface area contributed by atoms with Crippen molar-refractivity contribution in [3.8, 4) is 0 Å². The predicted octanol–water partition coefficient (Wildman–Crippen LogP) is 4.04. The number of rotatable bonds is 10. The Morgan fingerprint density at radius 2 is 1.87 bits per heavy atom. The highest BCUT2D eigenvalue weighted by atomic mass is 35.5. The van der Waals surface area contributed by atoms with E-state index in [0.29, 0.717) is 35.6 Å². The van der Waals surface area contributed by atoms with Crippen molar-refractivity contribution >= 4 is 55.4 Å². The molecule has 0 amide bonds. The third-order valence-corrected chi connectivity index (χ3v) is 6.31. The minimum atomic E-state index is -4.38. The van der Waals surface area contributed by atoms with Gasteiger partial charge in [-0.05, 0) is 30.8 Å². The zero-order valence-electron chi connectivity index (χ0n) is 16.2. The number of likely N-dealkylation sites (N-methyl/N-ethyl adjacent to an activating group) is 1. The van der Waals surface area contributed by atoms with Gasteiger partial charge in [0.25, 0.3) is 10.0 Å². The number of halogens is 3. The maximum atomic E-state index is 14.7. The molecule has 0 aliphatic rings. The normalized spacial score (nSPS) is 11.4. The Kier molecular flexibility index (Phi) is 7.59. The van der Waals surface area contributed by atoms with Crippen LogP contribution in [0.2, 0.25) is 5.02 Å². The zero-order valence-corrected chi connectivity index (χ0v) is 18.6.